The van der Waals surface area contributed by atoms with Crippen LogP contribution < -0.4 is 9.46 Å². The zero-order chi connectivity index (χ0) is 20.8. The van der Waals surface area contributed by atoms with E-state index in [4.69, 9.17) is 4.74 Å². The first-order valence-electron chi connectivity index (χ1n) is 9.32. The Morgan fingerprint density at radius 2 is 1.90 bits per heavy atom. The minimum absolute atomic E-state index is 0.0361. The molecule has 1 aliphatic rings. The number of nitrogens with one attached hydrogen (secondary N) is 1. The van der Waals surface area contributed by atoms with Crippen LogP contribution in [0.25, 0.3) is 10.9 Å². The summed E-state index contributed by atoms with van der Waals surface area (Å²) in [5, 5.41) is 0.472. The maximum absolute atomic E-state index is 13.1. The van der Waals surface area contributed by atoms with E-state index < -0.39 is 21.8 Å². The van der Waals surface area contributed by atoms with E-state index in [0.29, 0.717) is 23.1 Å². The molecule has 150 valence electrons. The number of pyridine rings is 1. The quantitative estimate of drug-likeness (QED) is 0.711. The van der Waals surface area contributed by atoms with E-state index in [-0.39, 0.29) is 10.3 Å². The lowest BCUT2D eigenvalue weighted by Gasteiger charge is -2.19. The highest BCUT2D eigenvalue weighted by atomic mass is 32.2. The second-order valence-electron chi connectivity index (χ2n) is 7.86. The van der Waals surface area contributed by atoms with Gasteiger partial charge in [0.25, 0.3) is 10.0 Å². The Kier molecular flexibility index (Phi) is 4.58. The zero-order valence-electron chi connectivity index (χ0n) is 16.5. The van der Waals surface area contributed by atoms with Crippen molar-refractivity contribution in [2.24, 2.45) is 0 Å². The molecule has 0 saturated carbocycles. The lowest BCUT2D eigenvalue weighted by Crippen LogP contribution is -2.34. The zero-order valence-corrected chi connectivity index (χ0v) is 17.3. The van der Waals surface area contributed by atoms with Crippen LogP contribution >= 0.6 is 0 Å². The van der Waals surface area contributed by atoms with Gasteiger partial charge in [0.15, 0.2) is 0 Å². The number of carbonyl (C=O) groups is 1. The summed E-state index contributed by atoms with van der Waals surface area (Å²) in [6, 6.07) is 13.8. The van der Waals surface area contributed by atoms with E-state index in [1.165, 1.54) is 6.07 Å². The Bertz CT molecular complexity index is 1210. The van der Waals surface area contributed by atoms with E-state index in [1.807, 2.05) is 26.0 Å². The average molecular weight is 410 g/mol. The van der Waals surface area contributed by atoms with E-state index in [2.05, 4.69) is 9.71 Å². The van der Waals surface area contributed by atoms with Gasteiger partial charge in [-0.1, -0.05) is 32.0 Å². The van der Waals surface area contributed by atoms with Gasteiger partial charge in [0.05, 0.1) is 23.4 Å². The normalized spacial score (nSPS) is 17.7. The molecule has 1 amide bonds. The summed E-state index contributed by atoms with van der Waals surface area (Å²) >= 11 is 0. The molecule has 0 bridgehead atoms. The van der Waals surface area contributed by atoms with Crippen LogP contribution in [0.5, 0.6) is 5.75 Å². The molecular formula is C22H22N2O4S. The van der Waals surface area contributed by atoms with E-state index in [9.17, 15) is 13.2 Å². The molecule has 1 atom stereocenters. The van der Waals surface area contributed by atoms with Gasteiger partial charge in [0, 0.05) is 17.1 Å². The van der Waals surface area contributed by atoms with E-state index >= 15 is 0 Å². The fourth-order valence-corrected chi connectivity index (χ4v) is 5.42. The van der Waals surface area contributed by atoms with Crippen molar-refractivity contribution in [3.63, 3.8) is 0 Å². The van der Waals surface area contributed by atoms with Crippen molar-refractivity contribution in [3.8, 4) is 5.75 Å². The number of aromatic nitrogens is 1. The SMILES string of the molecule is COc1cccc2c1C(C(=O)NS(=O)(=O)c1cccc3ncccc13)CC2(C)C. The van der Waals surface area contributed by atoms with E-state index in [1.54, 1.807) is 43.6 Å². The second-order valence-corrected chi connectivity index (χ2v) is 9.51. The maximum Gasteiger partial charge on any atom is 0.264 e. The Morgan fingerprint density at radius 3 is 2.66 bits per heavy atom. The molecule has 2 aromatic carbocycles. The first-order chi connectivity index (χ1) is 13.7. The van der Waals surface area contributed by atoms with Gasteiger partial charge >= 0.3 is 0 Å². The third-order valence-electron chi connectivity index (χ3n) is 5.52. The summed E-state index contributed by atoms with van der Waals surface area (Å²) in [5.41, 5.74) is 2.05. The maximum atomic E-state index is 13.1. The van der Waals surface area contributed by atoms with Gasteiger partial charge in [-0.15, -0.1) is 0 Å². The van der Waals surface area contributed by atoms with Crippen LogP contribution in [0.3, 0.4) is 0 Å². The van der Waals surface area contributed by atoms with Crippen LogP contribution in [0.1, 0.15) is 37.3 Å². The van der Waals surface area contributed by atoms with Crippen molar-refractivity contribution in [1.29, 1.82) is 0 Å². The largest absolute Gasteiger partial charge is 0.496 e. The number of carbonyl (C=O) groups excluding carboxylic acids is 1. The minimum atomic E-state index is -4.06. The van der Waals surface area contributed by atoms with Crippen molar-refractivity contribution < 1.29 is 17.9 Å². The molecule has 0 fully saturated rings. The number of hydrogen-bond donors (Lipinski definition) is 1. The highest BCUT2D eigenvalue weighted by molar-refractivity contribution is 7.90. The van der Waals surface area contributed by atoms with Gasteiger partial charge in [0.1, 0.15) is 5.75 Å². The van der Waals surface area contributed by atoms with Crippen LogP contribution in [0.15, 0.2) is 59.6 Å². The average Bonchev–Trinajstić information content (AvgIpc) is 2.98. The predicted octanol–water partition coefficient (Wildman–Crippen LogP) is 3.51. The van der Waals surface area contributed by atoms with Gasteiger partial charge in [-0.25, -0.2) is 13.1 Å². The monoisotopic (exact) mass is 410 g/mol. The predicted molar refractivity (Wildman–Crippen MR) is 110 cm³/mol. The number of amides is 1. The lowest BCUT2D eigenvalue weighted by atomic mass is 9.86. The number of sulfonamides is 1. The van der Waals surface area contributed by atoms with Crippen LogP contribution in [0.2, 0.25) is 0 Å². The van der Waals surface area contributed by atoms with Crippen LogP contribution in [0.4, 0.5) is 0 Å². The molecule has 6 nitrogen and oxygen atoms in total. The molecule has 1 aliphatic carbocycles. The minimum Gasteiger partial charge on any atom is -0.496 e. The van der Waals surface area contributed by atoms with Crippen molar-refractivity contribution in [1.82, 2.24) is 9.71 Å². The standard InChI is InChI=1S/C22H22N2O4S/c1-22(2)13-15(20-16(22)8-4-10-18(20)28-3)21(25)24-29(26,27)19-11-5-9-17-14(19)7-6-12-23-17/h4-12,15H,13H2,1-3H3,(H,24,25). The van der Waals surface area contributed by atoms with Gasteiger partial charge in [0.2, 0.25) is 5.91 Å². The first-order valence-corrected chi connectivity index (χ1v) is 10.8. The highest BCUT2D eigenvalue weighted by Gasteiger charge is 2.43. The molecule has 4 rings (SSSR count). The molecule has 1 aromatic heterocycles. The summed E-state index contributed by atoms with van der Waals surface area (Å²) < 4.78 is 33.9. The third kappa shape index (κ3) is 3.25. The topological polar surface area (TPSA) is 85.4 Å². The Morgan fingerprint density at radius 1 is 1.14 bits per heavy atom. The molecule has 1 unspecified atom stereocenters. The molecule has 1 N–H and O–H groups in total. The lowest BCUT2D eigenvalue weighted by molar-refractivity contribution is -0.121. The summed E-state index contributed by atoms with van der Waals surface area (Å²) in [4.78, 5) is 17.4. The number of hydrogen-bond acceptors (Lipinski definition) is 5. The third-order valence-corrected chi connectivity index (χ3v) is 6.93. The molecule has 29 heavy (non-hydrogen) atoms. The van der Waals surface area contributed by atoms with Gasteiger partial charge in [-0.2, -0.15) is 0 Å². The molecule has 1 heterocycles. The molecule has 7 heteroatoms. The number of fused-ring (bicyclic) bond motifs is 2. The summed E-state index contributed by atoms with van der Waals surface area (Å²) in [6.45, 7) is 4.09. The fraction of sp³-hybridized carbons (Fsp3) is 0.273. The number of benzene rings is 2. The van der Waals surface area contributed by atoms with Gasteiger partial charge < -0.3 is 4.74 Å². The fourth-order valence-electron chi connectivity index (χ4n) is 4.19. The van der Waals surface area contributed by atoms with Crippen molar-refractivity contribution in [2.75, 3.05) is 7.11 Å². The van der Waals surface area contributed by atoms with Crippen molar-refractivity contribution in [2.45, 2.75) is 36.5 Å². The molecule has 0 aliphatic heterocycles. The number of nitrogens with zero attached hydrogens (tertiary/aromatic N) is 1. The number of rotatable bonds is 4. The Hall–Kier alpha value is -2.93. The summed E-state index contributed by atoms with van der Waals surface area (Å²) in [7, 11) is -2.51. The number of methoxy groups -OCH3 is 1. The van der Waals surface area contributed by atoms with Crippen LogP contribution in [-0.2, 0) is 20.2 Å². The van der Waals surface area contributed by atoms with Crippen LogP contribution in [0, 0.1) is 0 Å². The molecule has 0 radical (unpaired) electrons. The van der Waals surface area contributed by atoms with E-state index in [0.717, 1.165) is 11.1 Å². The molecule has 0 spiro atoms. The van der Waals surface area contributed by atoms with Crippen LogP contribution in [-0.4, -0.2) is 26.4 Å². The smallest absolute Gasteiger partial charge is 0.264 e. The summed E-state index contributed by atoms with van der Waals surface area (Å²) in [6.07, 6.45) is 2.10. The Labute approximate surface area is 170 Å². The van der Waals surface area contributed by atoms with Crippen molar-refractivity contribution in [3.05, 3.63) is 65.9 Å². The molecular weight excluding hydrogens is 388 g/mol. The number of ether oxygens (including phenoxy) is 1. The van der Waals surface area contributed by atoms with Gasteiger partial charge in [-0.3, -0.25) is 9.78 Å². The second kappa shape index (κ2) is 6.84. The molecule has 3 aromatic rings. The Balaban J connectivity index is 1.72. The van der Waals surface area contributed by atoms with Crippen molar-refractivity contribution >= 4 is 26.8 Å². The first kappa shape index (κ1) is 19.4. The highest BCUT2D eigenvalue weighted by Crippen LogP contribution is 2.49. The van der Waals surface area contributed by atoms with Gasteiger partial charge in [-0.05, 0) is 47.7 Å². The molecule has 0 saturated heterocycles. The summed E-state index contributed by atoms with van der Waals surface area (Å²) in [5.74, 6) is -0.568.